The summed E-state index contributed by atoms with van der Waals surface area (Å²) in [5.74, 6) is 2.63. The third-order valence-corrected chi connectivity index (χ3v) is 6.44. The van der Waals surface area contributed by atoms with E-state index in [4.69, 9.17) is 9.15 Å². The van der Waals surface area contributed by atoms with E-state index in [0.717, 1.165) is 39.1 Å². The van der Waals surface area contributed by atoms with Gasteiger partial charge in [-0.1, -0.05) is 53.7 Å². The molecule has 0 saturated carbocycles. The minimum absolute atomic E-state index is 0.129. The molecule has 5 aromatic rings. The summed E-state index contributed by atoms with van der Waals surface area (Å²) in [6.07, 6.45) is 0. The van der Waals surface area contributed by atoms with Crippen LogP contribution in [0, 0.1) is 6.92 Å². The maximum absolute atomic E-state index is 5.98. The van der Waals surface area contributed by atoms with E-state index in [2.05, 4.69) is 44.0 Å². The van der Waals surface area contributed by atoms with E-state index in [9.17, 15) is 0 Å². The van der Waals surface area contributed by atoms with Crippen LogP contribution >= 0.6 is 11.8 Å². The third-order valence-electron chi connectivity index (χ3n) is 5.41. The van der Waals surface area contributed by atoms with Crippen molar-refractivity contribution >= 4 is 11.8 Å². The van der Waals surface area contributed by atoms with Crippen molar-refractivity contribution in [2.75, 3.05) is 6.61 Å². The molecule has 176 valence electrons. The summed E-state index contributed by atoms with van der Waals surface area (Å²) in [6, 6.07) is 26.0. The summed E-state index contributed by atoms with van der Waals surface area (Å²) < 4.78 is 13.7. The molecule has 3 aromatic carbocycles. The van der Waals surface area contributed by atoms with Gasteiger partial charge in [0.15, 0.2) is 11.0 Å². The van der Waals surface area contributed by atoms with Crippen LogP contribution in [0.1, 0.15) is 30.6 Å². The number of ether oxygens (including phenoxy) is 1. The SMILES string of the molecule is CCOc1ccc(-n2c(SC(C)c3nnc(-c4ccccc4)o3)nnc2-c2cccc(C)c2)cc1. The molecule has 8 heteroatoms. The Kier molecular flexibility index (Phi) is 6.63. The minimum Gasteiger partial charge on any atom is -0.494 e. The second-order valence-corrected chi connectivity index (χ2v) is 9.32. The Morgan fingerprint density at radius 1 is 0.886 bits per heavy atom. The Hall–Kier alpha value is -3.91. The lowest BCUT2D eigenvalue weighted by Crippen LogP contribution is -2.01. The van der Waals surface area contributed by atoms with Gasteiger partial charge in [0, 0.05) is 16.8 Å². The topological polar surface area (TPSA) is 78.9 Å². The Labute approximate surface area is 208 Å². The first-order valence-corrected chi connectivity index (χ1v) is 12.3. The van der Waals surface area contributed by atoms with E-state index in [-0.39, 0.29) is 5.25 Å². The molecular formula is C27H25N5O2S. The van der Waals surface area contributed by atoms with Crippen molar-refractivity contribution in [1.82, 2.24) is 25.0 Å². The molecule has 7 nitrogen and oxygen atoms in total. The van der Waals surface area contributed by atoms with E-state index in [0.29, 0.717) is 18.4 Å². The summed E-state index contributed by atoms with van der Waals surface area (Å²) in [7, 11) is 0. The van der Waals surface area contributed by atoms with Gasteiger partial charge in [0.1, 0.15) is 5.75 Å². The molecular weight excluding hydrogens is 458 g/mol. The molecule has 1 atom stereocenters. The van der Waals surface area contributed by atoms with Crippen molar-refractivity contribution in [2.24, 2.45) is 0 Å². The van der Waals surface area contributed by atoms with Crippen LogP contribution in [0.3, 0.4) is 0 Å². The van der Waals surface area contributed by atoms with Crippen molar-refractivity contribution in [2.45, 2.75) is 31.2 Å². The second kappa shape index (κ2) is 10.1. The van der Waals surface area contributed by atoms with E-state index in [1.807, 2.05) is 80.6 Å². The van der Waals surface area contributed by atoms with Crippen LogP contribution in [-0.4, -0.2) is 31.6 Å². The molecule has 0 amide bonds. The first kappa shape index (κ1) is 22.9. The highest BCUT2D eigenvalue weighted by Crippen LogP contribution is 2.37. The van der Waals surface area contributed by atoms with E-state index in [1.54, 1.807) is 0 Å². The predicted molar refractivity (Wildman–Crippen MR) is 137 cm³/mol. The van der Waals surface area contributed by atoms with Gasteiger partial charge in [-0.05, 0) is 63.2 Å². The number of rotatable bonds is 8. The van der Waals surface area contributed by atoms with Gasteiger partial charge in [0.2, 0.25) is 11.8 Å². The largest absolute Gasteiger partial charge is 0.494 e. The molecule has 0 fully saturated rings. The Bertz CT molecular complexity index is 1410. The predicted octanol–water partition coefficient (Wildman–Crippen LogP) is 6.54. The Morgan fingerprint density at radius 2 is 1.66 bits per heavy atom. The number of aryl methyl sites for hydroxylation is 1. The van der Waals surface area contributed by atoms with E-state index >= 15 is 0 Å². The molecule has 0 N–H and O–H groups in total. The van der Waals surface area contributed by atoms with Crippen LogP contribution in [0.4, 0.5) is 0 Å². The molecule has 2 aromatic heterocycles. The van der Waals surface area contributed by atoms with Crippen molar-refractivity contribution in [1.29, 1.82) is 0 Å². The maximum Gasteiger partial charge on any atom is 0.247 e. The fourth-order valence-corrected chi connectivity index (χ4v) is 4.61. The molecule has 0 aliphatic heterocycles. The van der Waals surface area contributed by atoms with Crippen LogP contribution < -0.4 is 4.74 Å². The lowest BCUT2D eigenvalue weighted by molar-refractivity contribution is 0.340. The van der Waals surface area contributed by atoms with Gasteiger partial charge in [-0.2, -0.15) is 0 Å². The molecule has 0 aliphatic carbocycles. The van der Waals surface area contributed by atoms with Crippen LogP contribution in [0.15, 0.2) is 88.4 Å². The van der Waals surface area contributed by atoms with Crippen molar-refractivity contribution in [3.63, 3.8) is 0 Å². The quantitative estimate of drug-likeness (QED) is 0.232. The summed E-state index contributed by atoms with van der Waals surface area (Å²) in [5.41, 5.74) is 3.99. The molecule has 0 spiro atoms. The van der Waals surface area contributed by atoms with Gasteiger partial charge in [-0.3, -0.25) is 4.57 Å². The van der Waals surface area contributed by atoms with E-state index in [1.165, 1.54) is 11.8 Å². The van der Waals surface area contributed by atoms with Crippen molar-refractivity contribution < 1.29 is 9.15 Å². The summed E-state index contributed by atoms with van der Waals surface area (Å²) in [6.45, 7) is 6.68. The highest BCUT2D eigenvalue weighted by atomic mass is 32.2. The Balaban J connectivity index is 1.49. The maximum atomic E-state index is 5.98. The third kappa shape index (κ3) is 4.97. The van der Waals surface area contributed by atoms with Crippen LogP contribution in [0.5, 0.6) is 5.75 Å². The van der Waals surface area contributed by atoms with Crippen LogP contribution in [0.2, 0.25) is 0 Å². The fourth-order valence-electron chi connectivity index (χ4n) is 3.71. The first-order valence-electron chi connectivity index (χ1n) is 11.4. The van der Waals surface area contributed by atoms with E-state index < -0.39 is 0 Å². The zero-order chi connectivity index (χ0) is 24.2. The average molecular weight is 484 g/mol. The fraction of sp³-hybridized carbons (Fsp3) is 0.185. The first-order chi connectivity index (χ1) is 17.1. The second-order valence-electron chi connectivity index (χ2n) is 8.01. The number of thioether (sulfide) groups is 1. The highest BCUT2D eigenvalue weighted by Gasteiger charge is 2.22. The summed E-state index contributed by atoms with van der Waals surface area (Å²) in [5, 5.41) is 18.2. The monoisotopic (exact) mass is 483 g/mol. The summed E-state index contributed by atoms with van der Waals surface area (Å²) >= 11 is 1.52. The van der Waals surface area contributed by atoms with Gasteiger partial charge in [-0.25, -0.2) is 0 Å². The van der Waals surface area contributed by atoms with Gasteiger partial charge in [-0.15, -0.1) is 20.4 Å². The Morgan fingerprint density at radius 3 is 2.40 bits per heavy atom. The number of hydrogen-bond donors (Lipinski definition) is 0. The number of aromatic nitrogens is 5. The molecule has 0 aliphatic rings. The number of nitrogens with zero attached hydrogens (tertiary/aromatic N) is 5. The standard InChI is InChI=1S/C27H25N5O2S/c1-4-33-23-15-13-22(14-16-23)32-24(21-12-8-9-18(2)17-21)28-31-27(32)35-19(3)25-29-30-26(34-25)20-10-6-5-7-11-20/h5-17,19H,4H2,1-3H3. The lowest BCUT2D eigenvalue weighted by atomic mass is 10.1. The average Bonchev–Trinajstić information content (AvgIpc) is 3.53. The number of benzene rings is 3. The van der Waals surface area contributed by atoms with Crippen LogP contribution in [-0.2, 0) is 0 Å². The minimum atomic E-state index is -0.129. The van der Waals surface area contributed by atoms with Crippen LogP contribution in [0.25, 0.3) is 28.5 Å². The molecule has 5 rings (SSSR count). The number of hydrogen-bond acceptors (Lipinski definition) is 7. The lowest BCUT2D eigenvalue weighted by Gasteiger charge is -2.13. The zero-order valence-electron chi connectivity index (χ0n) is 19.8. The van der Waals surface area contributed by atoms with Gasteiger partial charge in [0.25, 0.3) is 0 Å². The highest BCUT2D eigenvalue weighted by molar-refractivity contribution is 7.99. The normalized spacial score (nSPS) is 12.0. The summed E-state index contributed by atoms with van der Waals surface area (Å²) in [4.78, 5) is 0. The van der Waals surface area contributed by atoms with Gasteiger partial charge >= 0.3 is 0 Å². The molecule has 0 bridgehead atoms. The molecule has 0 saturated heterocycles. The van der Waals surface area contributed by atoms with Gasteiger partial charge in [0.05, 0.1) is 11.9 Å². The van der Waals surface area contributed by atoms with Gasteiger partial charge < -0.3 is 9.15 Å². The zero-order valence-corrected chi connectivity index (χ0v) is 20.6. The molecule has 35 heavy (non-hydrogen) atoms. The molecule has 0 radical (unpaired) electrons. The van der Waals surface area contributed by atoms with Crippen molar-refractivity contribution in [3.05, 3.63) is 90.3 Å². The molecule has 2 heterocycles. The van der Waals surface area contributed by atoms with Crippen molar-refractivity contribution in [3.8, 4) is 34.3 Å². The molecule has 1 unspecified atom stereocenters. The smallest absolute Gasteiger partial charge is 0.247 e.